The van der Waals surface area contributed by atoms with Gasteiger partial charge in [-0.1, -0.05) is 54.1 Å². The predicted molar refractivity (Wildman–Crippen MR) is 121 cm³/mol. The monoisotopic (exact) mass is 418 g/mol. The number of carbonyl (C=O) groups is 1. The molecule has 2 heterocycles. The van der Waals surface area contributed by atoms with Crippen LogP contribution in [0.15, 0.2) is 66.7 Å². The molecule has 1 saturated heterocycles. The molecule has 0 unspecified atom stereocenters. The third kappa shape index (κ3) is 4.52. The van der Waals surface area contributed by atoms with Crippen LogP contribution in [0.3, 0.4) is 0 Å². The summed E-state index contributed by atoms with van der Waals surface area (Å²) in [5.74, 6) is 0.835. The lowest BCUT2D eigenvalue weighted by Crippen LogP contribution is -2.48. The van der Waals surface area contributed by atoms with Crippen molar-refractivity contribution in [2.24, 2.45) is 0 Å². The number of amides is 1. The van der Waals surface area contributed by atoms with Crippen LogP contribution in [-0.2, 0) is 4.79 Å². The molecule has 0 spiro atoms. The van der Waals surface area contributed by atoms with Crippen LogP contribution in [-0.4, -0.2) is 47.2 Å². The Morgan fingerprint density at radius 1 is 0.933 bits per heavy atom. The Morgan fingerprint density at radius 2 is 1.67 bits per heavy atom. The van der Waals surface area contributed by atoms with Crippen molar-refractivity contribution in [3.8, 4) is 11.3 Å². The first-order valence-corrected chi connectivity index (χ1v) is 10.4. The lowest BCUT2D eigenvalue weighted by Gasteiger charge is -2.34. The van der Waals surface area contributed by atoms with Crippen molar-refractivity contribution in [2.75, 3.05) is 31.1 Å². The molecule has 1 fully saturated rings. The maximum Gasteiger partial charge on any atom is 0.246 e. The van der Waals surface area contributed by atoms with Crippen LogP contribution in [0.4, 0.5) is 5.82 Å². The molecule has 30 heavy (non-hydrogen) atoms. The summed E-state index contributed by atoms with van der Waals surface area (Å²) in [7, 11) is 0. The van der Waals surface area contributed by atoms with E-state index >= 15 is 0 Å². The van der Waals surface area contributed by atoms with E-state index in [-0.39, 0.29) is 5.91 Å². The molecule has 2 aromatic carbocycles. The highest BCUT2D eigenvalue weighted by Gasteiger charge is 2.21. The van der Waals surface area contributed by atoms with E-state index in [0.29, 0.717) is 18.1 Å². The van der Waals surface area contributed by atoms with E-state index in [2.05, 4.69) is 34.2 Å². The Balaban J connectivity index is 1.36. The van der Waals surface area contributed by atoms with Crippen LogP contribution in [0.25, 0.3) is 17.3 Å². The summed E-state index contributed by atoms with van der Waals surface area (Å²) in [5, 5.41) is 9.47. The Hall–Kier alpha value is -3.18. The van der Waals surface area contributed by atoms with E-state index in [9.17, 15) is 4.79 Å². The SMILES string of the molecule is Cc1ccccc1-c1ccc(N2CCN(C(=O)/C=C/c3ccccc3Cl)CC2)nn1. The van der Waals surface area contributed by atoms with Gasteiger partial charge < -0.3 is 9.80 Å². The van der Waals surface area contributed by atoms with Crippen LogP contribution in [0.2, 0.25) is 5.02 Å². The predicted octanol–water partition coefficient (Wildman–Crippen LogP) is 4.47. The first-order valence-electron chi connectivity index (χ1n) is 9.98. The topological polar surface area (TPSA) is 49.3 Å². The standard InChI is InChI=1S/C24H23ClN4O/c1-18-6-2-4-8-20(18)22-11-12-23(27-26-22)28-14-16-29(17-15-28)24(30)13-10-19-7-3-5-9-21(19)25/h2-13H,14-17H2,1H3/b13-10+. The van der Waals surface area contributed by atoms with Gasteiger partial charge in [-0.15, -0.1) is 10.2 Å². The number of hydrogen-bond acceptors (Lipinski definition) is 4. The van der Waals surface area contributed by atoms with Gasteiger partial charge in [0.05, 0.1) is 5.69 Å². The number of rotatable bonds is 4. The van der Waals surface area contributed by atoms with Gasteiger partial charge in [0.1, 0.15) is 0 Å². The maximum atomic E-state index is 12.5. The van der Waals surface area contributed by atoms with E-state index in [1.807, 2.05) is 53.4 Å². The third-order valence-electron chi connectivity index (χ3n) is 5.30. The Kier molecular flexibility index (Phi) is 6.10. The fourth-order valence-electron chi connectivity index (χ4n) is 3.53. The van der Waals surface area contributed by atoms with Crippen molar-refractivity contribution in [1.29, 1.82) is 0 Å². The van der Waals surface area contributed by atoms with Gasteiger partial charge in [-0.05, 0) is 42.3 Å². The van der Waals surface area contributed by atoms with Gasteiger partial charge in [-0.2, -0.15) is 0 Å². The number of hydrogen-bond donors (Lipinski definition) is 0. The molecule has 0 saturated carbocycles. The lowest BCUT2D eigenvalue weighted by atomic mass is 10.1. The number of aryl methyl sites for hydroxylation is 1. The summed E-state index contributed by atoms with van der Waals surface area (Å²) in [6, 6.07) is 19.6. The van der Waals surface area contributed by atoms with Gasteiger partial charge in [0.2, 0.25) is 5.91 Å². The average Bonchev–Trinajstić information content (AvgIpc) is 2.79. The van der Waals surface area contributed by atoms with Gasteiger partial charge in [0, 0.05) is 42.8 Å². The molecule has 0 radical (unpaired) electrons. The van der Waals surface area contributed by atoms with Crippen molar-refractivity contribution in [2.45, 2.75) is 6.92 Å². The Labute approximate surface area is 181 Å². The number of nitrogens with zero attached hydrogens (tertiary/aromatic N) is 4. The zero-order chi connectivity index (χ0) is 20.9. The van der Waals surface area contributed by atoms with E-state index in [1.54, 1.807) is 12.2 Å². The molecule has 0 atom stereocenters. The van der Waals surface area contributed by atoms with Crippen LogP contribution in [0, 0.1) is 6.92 Å². The lowest BCUT2D eigenvalue weighted by molar-refractivity contribution is -0.126. The van der Waals surface area contributed by atoms with Crippen molar-refractivity contribution >= 4 is 29.4 Å². The first kappa shape index (κ1) is 20.1. The van der Waals surface area contributed by atoms with Gasteiger partial charge in [-0.3, -0.25) is 4.79 Å². The average molecular weight is 419 g/mol. The molecular weight excluding hydrogens is 396 g/mol. The zero-order valence-corrected chi connectivity index (χ0v) is 17.6. The molecule has 0 bridgehead atoms. The summed E-state index contributed by atoms with van der Waals surface area (Å²) in [6.45, 7) is 4.81. The van der Waals surface area contributed by atoms with Crippen molar-refractivity contribution < 1.29 is 4.79 Å². The van der Waals surface area contributed by atoms with Gasteiger partial charge in [0.15, 0.2) is 5.82 Å². The molecule has 6 heteroatoms. The largest absolute Gasteiger partial charge is 0.352 e. The quantitative estimate of drug-likeness (QED) is 0.586. The molecule has 0 N–H and O–H groups in total. The molecule has 1 aliphatic rings. The summed E-state index contributed by atoms with van der Waals surface area (Å²) in [5.41, 5.74) is 3.99. The van der Waals surface area contributed by atoms with E-state index in [1.165, 1.54) is 5.56 Å². The minimum Gasteiger partial charge on any atom is -0.352 e. The number of anilines is 1. The highest BCUT2D eigenvalue weighted by molar-refractivity contribution is 6.32. The zero-order valence-electron chi connectivity index (χ0n) is 16.8. The summed E-state index contributed by atoms with van der Waals surface area (Å²) in [6.07, 6.45) is 3.36. The summed E-state index contributed by atoms with van der Waals surface area (Å²) >= 11 is 6.14. The molecule has 1 amide bonds. The van der Waals surface area contributed by atoms with Crippen molar-refractivity contribution in [3.63, 3.8) is 0 Å². The number of aromatic nitrogens is 2. The number of carbonyl (C=O) groups excluding carboxylic acids is 1. The first-order chi connectivity index (χ1) is 14.6. The fraction of sp³-hybridized carbons (Fsp3) is 0.208. The molecule has 5 nitrogen and oxygen atoms in total. The number of piperazine rings is 1. The minimum atomic E-state index is -0.00412. The van der Waals surface area contributed by atoms with Crippen LogP contribution < -0.4 is 4.90 Å². The second-order valence-corrected chi connectivity index (χ2v) is 7.67. The van der Waals surface area contributed by atoms with E-state index in [0.717, 1.165) is 35.7 Å². The Morgan fingerprint density at radius 3 is 2.37 bits per heavy atom. The van der Waals surface area contributed by atoms with Crippen molar-refractivity contribution in [3.05, 3.63) is 82.9 Å². The van der Waals surface area contributed by atoms with E-state index in [4.69, 9.17) is 11.6 Å². The van der Waals surface area contributed by atoms with Crippen LogP contribution in [0.1, 0.15) is 11.1 Å². The fourth-order valence-corrected chi connectivity index (χ4v) is 3.73. The molecule has 0 aliphatic carbocycles. The molecular formula is C24H23ClN4O. The van der Waals surface area contributed by atoms with E-state index < -0.39 is 0 Å². The summed E-state index contributed by atoms with van der Waals surface area (Å²) < 4.78 is 0. The molecule has 3 aromatic rings. The third-order valence-corrected chi connectivity index (χ3v) is 5.64. The van der Waals surface area contributed by atoms with Crippen molar-refractivity contribution in [1.82, 2.24) is 15.1 Å². The number of halogens is 1. The molecule has 4 rings (SSSR count). The van der Waals surface area contributed by atoms with Crippen LogP contribution >= 0.6 is 11.6 Å². The highest BCUT2D eigenvalue weighted by atomic mass is 35.5. The molecule has 1 aliphatic heterocycles. The van der Waals surface area contributed by atoms with Gasteiger partial charge >= 0.3 is 0 Å². The maximum absolute atomic E-state index is 12.5. The molecule has 1 aromatic heterocycles. The van der Waals surface area contributed by atoms with Crippen LogP contribution in [0.5, 0.6) is 0 Å². The smallest absolute Gasteiger partial charge is 0.246 e. The normalized spacial score (nSPS) is 14.3. The minimum absolute atomic E-state index is 0.00412. The highest BCUT2D eigenvalue weighted by Crippen LogP contribution is 2.22. The van der Waals surface area contributed by atoms with Gasteiger partial charge in [0.25, 0.3) is 0 Å². The second kappa shape index (κ2) is 9.09. The molecule has 152 valence electrons. The summed E-state index contributed by atoms with van der Waals surface area (Å²) in [4.78, 5) is 16.5. The second-order valence-electron chi connectivity index (χ2n) is 7.26. The Bertz CT molecular complexity index is 1060. The van der Waals surface area contributed by atoms with Gasteiger partial charge in [-0.25, -0.2) is 0 Å². The number of benzene rings is 2.